The highest BCUT2D eigenvalue weighted by Crippen LogP contribution is 2.29. The number of amides is 1. The van der Waals surface area contributed by atoms with Crippen LogP contribution >= 0.6 is 0 Å². The van der Waals surface area contributed by atoms with Gasteiger partial charge in [0.25, 0.3) is 0 Å². The SMILES string of the molecule is CCC(C)C(=O)Nc1n[nH]c2cc(-c3cccc(OC)c3)ccc12. The first-order valence-corrected chi connectivity index (χ1v) is 8.05. The third-order valence-corrected chi connectivity index (χ3v) is 4.27. The van der Waals surface area contributed by atoms with Crippen molar-refractivity contribution in [2.24, 2.45) is 5.92 Å². The summed E-state index contributed by atoms with van der Waals surface area (Å²) in [6.07, 6.45) is 0.800. The van der Waals surface area contributed by atoms with E-state index in [-0.39, 0.29) is 11.8 Å². The first kappa shape index (κ1) is 16.1. The van der Waals surface area contributed by atoms with Gasteiger partial charge in [-0.2, -0.15) is 5.10 Å². The first-order valence-electron chi connectivity index (χ1n) is 8.05. The summed E-state index contributed by atoms with van der Waals surface area (Å²) in [6, 6.07) is 13.9. The van der Waals surface area contributed by atoms with E-state index < -0.39 is 0 Å². The molecule has 1 aromatic heterocycles. The molecule has 124 valence electrons. The van der Waals surface area contributed by atoms with E-state index in [1.807, 2.05) is 56.3 Å². The fraction of sp³-hybridized carbons (Fsp3) is 0.263. The Kier molecular flexibility index (Phi) is 4.51. The van der Waals surface area contributed by atoms with Gasteiger partial charge in [0.05, 0.1) is 12.6 Å². The van der Waals surface area contributed by atoms with Crippen LogP contribution in [0, 0.1) is 5.92 Å². The second-order valence-electron chi connectivity index (χ2n) is 5.86. The molecule has 2 N–H and O–H groups in total. The van der Waals surface area contributed by atoms with Gasteiger partial charge in [-0.1, -0.05) is 32.0 Å². The van der Waals surface area contributed by atoms with E-state index in [1.54, 1.807) is 7.11 Å². The van der Waals surface area contributed by atoms with E-state index in [1.165, 1.54) is 0 Å². The molecule has 3 aromatic rings. The molecule has 2 aromatic carbocycles. The van der Waals surface area contributed by atoms with Gasteiger partial charge in [-0.15, -0.1) is 0 Å². The molecule has 0 fully saturated rings. The lowest BCUT2D eigenvalue weighted by molar-refractivity contribution is -0.119. The molecule has 0 aliphatic heterocycles. The molecule has 3 rings (SSSR count). The predicted molar refractivity (Wildman–Crippen MR) is 96.2 cm³/mol. The maximum absolute atomic E-state index is 12.1. The van der Waals surface area contributed by atoms with E-state index in [0.29, 0.717) is 5.82 Å². The number of carbonyl (C=O) groups excluding carboxylic acids is 1. The van der Waals surface area contributed by atoms with Crippen molar-refractivity contribution in [2.75, 3.05) is 12.4 Å². The number of nitrogens with zero attached hydrogens (tertiary/aromatic N) is 1. The maximum atomic E-state index is 12.1. The molecule has 0 saturated carbocycles. The number of benzene rings is 2. The molecule has 5 nitrogen and oxygen atoms in total. The number of carbonyl (C=O) groups is 1. The Bertz CT molecular complexity index is 870. The molecule has 0 spiro atoms. The molecule has 1 amide bonds. The molecular formula is C19H21N3O2. The molecule has 0 radical (unpaired) electrons. The quantitative estimate of drug-likeness (QED) is 0.738. The van der Waals surface area contributed by atoms with Crippen LogP contribution < -0.4 is 10.1 Å². The van der Waals surface area contributed by atoms with E-state index in [9.17, 15) is 4.79 Å². The number of H-pyrrole nitrogens is 1. The zero-order valence-electron chi connectivity index (χ0n) is 14.1. The molecule has 1 unspecified atom stereocenters. The van der Waals surface area contributed by atoms with E-state index in [4.69, 9.17) is 4.74 Å². The average molecular weight is 323 g/mol. The fourth-order valence-electron chi connectivity index (χ4n) is 2.52. The number of hydrogen-bond donors (Lipinski definition) is 2. The average Bonchev–Trinajstić information content (AvgIpc) is 3.03. The van der Waals surface area contributed by atoms with Crippen molar-refractivity contribution in [3.05, 3.63) is 42.5 Å². The first-order chi connectivity index (χ1) is 11.6. The molecule has 24 heavy (non-hydrogen) atoms. The highest BCUT2D eigenvalue weighted by molar-refractivity contribution is 6.01. The molecule has 0 bridgehead atoms. The number of aromatic amines is 1. The van der Waals surface area contributed by atoms with Gasteiger partial charge in [-0.25, -0.2) is 0 Å². The van der Waals surface area contributed by atoms with Crippen LogP contribution in [0.5, 0.6) is 5.75 Å². The van der Waals surface area contributed by atoms with E-state index >= 15 is 0 Å². The van der Waals surface area contributed by atoms with Crippen LogP contribution in [0.25, 0.3) is 22.0 Å². The summed E-state index contributed by atoms with van der Waals surface area (Å²) in [5.74, 6) is 1.35. The van der Waals surface area contributed by atoms with Crippen molar-refractivity contribution in [3.63, 3.8) is 0 Å². The highest BCUT2D eigenvalue weighted by atomic mass is 16.5. The van der Waals surface area contributed by atoms with E-state index in [2.05, 4.69) is 15.5 Å². The second kappa shape index (κ2) is 6.74. The Morgan fingerprint density at radius 2 is 2.04 bits per heavy atom. The van der Waals surface area contributed by atoms with Crippen molar-refractivity contribution in [2.45, 2.75) is 20.3 Å². The molecule has 0 saturated heterocycles. The lowest BCUT2D eigenvalue weighted by Gasteiger charge is -2.08. The molecule has 0 aliphatic rings. The third-order valence-electron chi connectivity index (χ3n) is 4.27. The number of hydrogen-bond acceptors (Lipinski definition) is 3. The summed E-state index contributed by atoms with van der Waals surface area (Å²) >= 11 is 0. The van der Waals surface area contributed by atoms with Gasteiger partial charge in [-0.05, 0) is 41.8 Å². The number of fused-ring (bicyclic) bond motifs is 1. The number of anilines is 1. The van der Waals surface area contributed by atoms with Crippen LogP contribution in [-0.4, -0.2) is 23.2 Å². The van der Waals surface area contributed by atoms with Gasteiger partial charge in [0, 0.05) is 11.3 Å². The number of rotatable bonds is 5. The van der Waals surface area contributed by atoms with Crippen LogP contribution in [0.1, 0.15) is 20.3 Å². The minimum absolute atomic E-state index is 0.0113. The van der Waals surface area contributed by atoms with Gasteiger partial charge >= 0.3 is 0 Å². The van der Waals surface area contributed by atoms with Gasteiger partial charge in [0.2, 0.25) is 5.91 Å². The Hall–Kier alpha value is -2.82. The summed E-state index contributed by atoms with van der Waals surface area (Å²) in [4.78, 5) is 12.1. The zero-order valence-corrected chi connectivity index (χ0v) is 14.1. The summed E-state index contributed by atoms with van der Waals surface area (Å²) < 4.78 is 5.28. The molecule has 5 heteroatoms. The predicted octanol–water partition coefficient (Wildman–Crippen LogP) is 4.22. The highest BCUT2D eigenvalue weighted by Gasteiger charge is 2.14. The summed E-state index contributed by atoms with van der Waals surface area (Å²) in [6.45, 7) is 3.90. The number of ether oxygens (including phenoxy) is 1. The van der Waals surface area contributed by atoms with Crippen LogP contribution in [0.15, 0.2) is 42.5 Å². The van der Waals surface area contributed by atoms with Crippen molar-refractivity contribution in [1.29, 1.82) is 0 Å². The van der Waals surface area contributed by atoms with Crippen molar-refractivity contribution < 1.29 is 9.53 Å². The summed E-state index contributed by atoms with van der Waals surface area (Å²) in [7, 11) is 1.66. The minimum Gasteiger partial charge on any atom is -0.497 e. The molecule has 0 aliphatic carbocycles. The minimum atomic E-state index is -0.0344. The van der Waals surface area contributed by atoms with Gasteiger partial charge in [-0.3, -0.25) is 9.89 Å². The van der Waals surface area contributed by atoms with Crippen molar-refractivity contribution in [1.82, 2.24) is 10.2 Å². The van der Waals surface area contributed by atoms with Crippen LogP contribution in [0.4, 0.5) is 5.82 Å². The second-order valence-corrected chi connectivity index (χ2v) is 5.86. The van der Waals surface area contributed by atoms with Gasteiger partial charge < -0.3 is 10.1 Å². The fourth-order valence-corrected chi connectivity index (χ4v) is 2.52. The molecule has 1 heterocycles. The van der Waals surface area contributed by atoms with Crippen LogP contribution in [0.3, 0.4) is 0 Å². The van der Waals surface area contributed by atoms with Gasteiger partial charge in [0.1, 0.15) is 5.75 Å². The smallest absolute Gasteiger partial charge is 0.228 e. The van der Waals surface area contributed by atoms with Crippen LogP contribution in [0.2, 0.25) is 0 Å². The number of aromatic nitrogens is 2. The van der Waals surface area contributed by atoms with Crippen molar-refractivity contribution >= 4 is 22.6 Å². The maximum Gasteiger partial charge on any atom is 0.228 e. The monoisotopic (exact) mass is 323 g/mol. The lowest BCUT2D eigenvalue weighted by atomic mass is 10.0. The molecular weight excluding hydrogens is 302 g/mol. The molecule has 1 atom stereocenters. The third kappa shape index (κ3) is 3.11. The van der Waals surface area contributed by atoms with Crippen LogP contribution in [-0.2, 0) is 4.79 Å². The Balaban J connectivity index is 1.92. The zero-order chi connectivity index (χ0) is 17.1. The van der Waals surface area contributed by atoms with E-state index in [0.717, 1.165) is 34.2 Å². The Morgan fingerprint density at radius 1 is 1.25 bits per heavy atom. The summed E-state index contributed by atoms with van der Waals surface area (Å²) in [5, 5.41) is 11.0. The topological polar surface area (TPSA) is 67.0 Å². The normalized spacial score (nSPS) is 12.1. The Morgan fingerprint density at radius 3 is 2.79 bits per heavy atom. The summed E-state index contributed by atoms with van der Waals surface area (Å²) in [5.41, 5.74) is 3.01. The standard InChI is InChI=1S/C19H21N3O2/c1-4-12(2)19(23)20-18-16-9-8-14(11-17(16)21-22-18)13-6-5-7-15(10-13)24-3/h5-12H,4H2,1-3H3,(H2,20,21,22,23). The Labute approximate surface area is 141 Å². The lowest BCUT2D eigenvalue weighted by Crippen LogP contribution is -2.19. The number of nitrogens with one attached hydrogen (secondary N) is 2. The largest absolute Gasteiger partial charge is 0.497 e. The number of methoxy groups -OCH3 is 1. The van der Waals surface area contributed by atoms with Crippen molar-refractivity contribution in [3.8, 4) is 16.9 Å². The van der Waals surface area contributed by atoms with Gasteiger partial charge in [0.15, 0.2) is 5.82 Å².